The van der Waals surface area contributed by atoms with Gasteiger partial charge in [-0.2, -0.15) is 0 Å². The van der Waals surface area contributed by atoms with Gasteiger partial charge < -0.3 is 4.57 Å². The number of nitrogens with zero attached hydrogens (tertiary/aromatic N) is 1. The molecule has 1 heteroatoms. The lowest BCUT2D eigenvalue weighted by molar-refractivity contribution is 1.18. The summed E-state index contributed by atoms with van der Waals surface area (Å²) < 4.78 is 2.39. The Morgan fingerprint density at radius 2 is 0.968 bits per heavy atom. The first-order valence-electron chi connectivity index (χ1n) is 10.6. The van der Waals surface area contributed by atoms with Gasteiger partial charge in [-0.05, 0) is 34.9 Å². The van der Waals surface area contributed by atoms with Crippen LogP contribution in [0.3, 0.4) is 0 Å². The quantitative estimate of drug-likeness (QED) is 0.285. The van der Waals surface area contributed by atoms with E-state index in [2.05, 4.69) is 132 Å². The Morgan fingerprint density at radius 3 is 1.74 bits per heavy atom. The summed E-state index contributed by atoms with van der Waals surface area (Å²) in [6.45, 7) is 0. The minimum Gasteiger partial charge on any atom is -0.309 e. The van der Waals surface area contributed by atoms with Crippen molar-refractivity contribution in [3.8, 4) is 27.9 Å². The smallest absolute Gasteiger partial charge is 0.0619 e. The summed E-state index contributed by atoms with van der Waals surface area (Å²) in [6.07, 6.45) is 0. The third-order valence-corrected chi connectivity index (χ3v) is 6.01. The molecular formula is C30H21N. The normalized spacial score (nSPS) is 11.2. The van der Waals surface area contributed by atoms with Crippen LogP contribution in [-0.4, -0.2) is 4.57 Å². The molecule has 6 rings (SSSR count). The minimum absolute atomic E-state index is 1.18. The predicted molar refractivity (Wildman–Crippen MR) is 132 cm³/mol. The van der Waals surface area contributed by atoms with Gasteiger partial charge in [-0.15, -0.1) is 0 Å². The van der Waals surface area contributed by atoms with Gasteiger partial charge in [0.05, 0.1) is 11.0 Å². The Bertz CT molecular complexity index is 1490. The van der Waals surface area contributed by atoms with Gasteiger partial charge >= 0.3 is 0 Å². The molecule has 0 unspecified atom stereocenters. The van der Waals surface area contributed by atoms with Crippen molar-refractivity contribution in [1.29, 1.82) is 0 Å². The molecule has 0 saturated heterocycles. The van der Waals surface area contributed by atoms with E-state index in [1.54, 1.807) is 0 Å². The van der Waals surface area contributed by atoms with Crippen molar-refractivity contribution in [2.45, 2.75) is 0 Å². The highest BCUT2D eigenvalue weighted by atomic mass is 15.0. The number of para-hydroxylation sites is 3. The largest absolute Gasteiger partial charge is 0.309 e. The number of hydrogen-bond donors (Lipinski definition) is 0. The van der Waals surface area contributed by atoms with Gasteiger partial charge in [-0.3, -0.25) is 0 Å². The molecule has 6 aromatic rings. The van der Waals surface area contributed by atoms with E-state index in [0.29, 0.717) is 0 Å². The molecule has 0 bridgehead atoms. The molecule has 0 amide bonds. The van der Waals surface area contributed by atoms with Crippen LogP contribution < -0.4 is 0 Å². The molecule has 146 valence electrons. The molecule has 0 aliphatic rings. The Morgan fingerprint density at radius 1 is 0.387 bits per heavy atom. The molecule has 0 saturated carbocycles. The molecule has 0 N–H and O–H groups in total. The molecule has 31 heavy (non-hydrogen) atoms. The van der Waals surface area contributed by atoms with Gasteiger partial charge in [-0.25, -0.2) is 0 Å². The molecule has 0 atom stereocenters. The lowest BCUT2D eigenvalue weighted by Crippen LogP contribution is -1.95. The second-order valence-corrected chi connectivity index (χ2v) is 7.83. The Labute approximate surface area is 181 Å². The lowest BCUT2D eigenvalue weighted by atomic mass is 9.98. The first-order valence-corrected chi connectivity index (χ1v) is 10.6. The SMILES string of the molecule is c1ccc(-c2ccc(-c3cccc4c5ccccc5n(-c5ccccc5)c34)cc2)cc1. The molecule has 0 fully saturated rings. The van der Waals surface area contributed by atoms with Crippen molar-refractivity contribution in [2.75, 3.05) is 0 Å². The fraction of sp³-hybridized carbons (Fsp3) is 0. The summed E-state index contributed by atoms with van der Waals surface area (Å²) >= 11 is 0. The summed E-state index contributed by atoms with van der Waals surface area (Å²) in [6, 6.07) is 45.4. The van der Waals surface area contributed by atoms with Crippen molar-refractivity contribution in [2.24, 2.45) is 0 Å². The molecule has 1 aromatic heterocycles. The Kier molecular flexibility index (Phi) is 4.18. The second-order valence-electron chi connectivity index (χ2n) is 7.83. The summed E-state index contributed by atoms with van der Waals surface area (Å²) in [5.74, 6) is 0. The molecule has 1 heterocycles. The second kappa shape index (κ2) is 7.30. The third kappa shape index (κ3) is 2.94. The zero-order valence-electron chi connectivity index (χ0n) is 17.1. The van der Waals surface area contributed by atoms with Crippen LogP contribution in [-0.2, 0) is 0 Å². The topological polar surface area (TPSA) is 4.93 Å². The Hall–Kier alpha value is -4.10. The number of aromatic nitrogens is 1. The number of hydrogen-bond acceptors (Lipinski definition) is 0. The maximum absolute atomic E-state index is 2.39. The van der Waals surface area contributed by atoms with Gasteiger partial charge in [0.15, 0.2) is 0 Å². The van der Waals surface area contributed by atoms with Crippen molar-refractivity contribution in [1.82, 2.24) is 4.57 Å². The fourth-order valence-corrected chi connectivity index (χ4v) is 4.57. The zero-order valence-corrected chi connectivity index (χ0v) is 17.1. The molecule has 0 aliphatic carbocycles. The van der Waals surface area contributed by atoms with Crippen LogP contribution in [0.15, 0.2) is 127 Å². The van der Waals surface area contributed by atoms with Gasteiger partial charge in [0.25, 0.3) is 0 Å². The highest BCUT2D eigenvalue weighted by Gasteiger charge is 2.15. The van der Waals surface area contributed by atoms with Crippen LogP contribution in [0.25, 0.3) is 49.7 Å². The standard InChI is InChI=1S/C30H21N/c1-3-10-22(11-4-1)23-18-20-24(21-19-23)26-15-9-16-28-27-14-7-8-17-29(27)31(30(26)28)25-12-5-2-6-13-25/h1-21H. The number of benzene rings is 5. The van der Waals surface area contributed by atoms with E-state index in [1.807, 2.05) is 0 Å². The van der Waals surface area contributed by atoms with Crippen LogP contribution >= 0.6 is 0 Å². The Balaban J connectivity index is 1.61. The van der Waals surface area contributed by atoms with Crippen LogP contribution in [0, 0.1) is 0 Å². The van der Waals surface area contributed by atoms with Crippen molar-refractivity contribution < 1.29 is 0 Å². The third-order valence-electron chi connectivity index (χ3n) is 6.01. The molecular weight excluding hydrogens is 374 g/mol. The van der Waals surface area contributed by atoms with E-state index in [0.717, 1.165) is 0 Å². The first-order chi connectivity index (χ1) is 15.4. The molecule has 0 aliphatic heterocycles. The van der Waals surface area contributed by atoms with Crippen molar-refractivity contribution in [3.05, 3.63) is 127 Å². The first kappa shape index (κ1) is 17.7. The maximum atomic E-state index is 2.39. The lowest BCUT2D eigenvalue weighted by Gasteiger charge is -2.12. The molecule has 0 spiro atoms. The van der Waals surface area contributed by atoms with E-state index < -0.39 is 0 Å². The van der Waals surface area contributed by atoms with E-state index in [1.165, 1.54) is 49.7 Å². The number of fused-ring (bicyclic) bond motifs is 3. The van der Waals surface area contributed by atoms with Gasteiger partial charge in [0.1, 0.15) is 0 Å². The summed E-state index contributed by atoms with van der Waals surface area (Å²) in [7, 11) is 0. The summed E-state index contributed by atoms with van der Waals surface area (Å²) in [5, 5.41) is 2.56. The van der Waals surface area contributed by atoms with Gasteiger partial charge in [-0.1, -0.05) is 109 Å². The summed E-state index contributed by atoms with van der Waals surface area (Å²) in [5.41, 5.74) is 8.62. The van der Waals surface area contributed by atoms with E-state index in [4.69, 9.17) is 0 Å². The van der Waals surface area contributed by atoms with Crippen molar-refractivity contribution in [3.63, 3.8) is 0 Å². The van der Waals surface area contributed by atoms with Gasteiger partial charge in [0, 0.05) is 22.0 Å². The van der Waals surface area contributed by atoms with E-state index in [9.17, 15) is 0 Å². The van der Waals surface area contributed by atoms with Crippen LogP contribution in [0.5, 0.6) is 0 Å². The van der Waals surface area contributed by atoms with Gasteiger partial charge in [0.2, 0.25) is 0 Å². The monoisotopic (exact) mass is 395 g/mol. The minimum atomic E-state index is 1.18. The zero-order chi connectivity index (χ0) is 20.6. The molecule has 0 radical (unpaired) electrons. The van der Waals surface area contributed by atoms with Crippen LogP contribution in [0.1, 0.15) is 0 Å². The fourth-order valence-electron chi connectivity index (χ4n) is 4.57. The van der Waals surface area contributed by atoms with Crippen molar-refractivity contribution >= 4 is 21.8 Å². The average molecular weight is 396 g/mol. The summed E-state index contributed by atoms with van der Waals surface area (Å²) in [4.78, 5) is 0. The highest BCUT2D eigenvalue weighted by Crippen LogP contribution is 2.38. The molecule has 5 aromatic carbocycles. The predicted octanol–water partition coefficient (Wildman–Crippen LogP) is 8.12. The average Bonchev–Trinajstić information content (AvgIpc) is 3.20. The van der Waals surface area contributed by atoms with E-state index >= 15 is 0 Å². The maximum Gasteiger partial charge on any atom is 0.0619 e. The van der Waals surface area contributed by atoms with E-state index in [-0.39, 0.29) is 0 Å². The van der Waals surface area contributed by atoms with Crippen LogP contribution in [0.2, 0.25) is 0 Å². The molecule has 1 nitrogen and oxygen atoms in total. The van der Waals surface area contributed by atoms with Crippen LogP contribution in [0.4, 0.5) is 0 Å². The number of rotatable bonds is 3. The highest BCUT2D eigenvalue weighted by molar-refractivity contribution is 6.13.